The predicted molar refractivity (Wildman–Crippen MR) is 84.0 cm³/mol. The van der Waals surface area contributed by atoms with Gasteiger partial charge in [0.25, 0.3) is 0 Å². The molecule has 3 rings (SSSR count). The van der Waals surface area contributed by atoms with E-state index in [2.05, 4.69) is 9.97 Å². The Kier molecular flexibility index (Phi) is 4.24. The van der Waals surface area contributed by atoms with Gasteiger partial charge in [0.2, 0.25) is 11.8 Å². The van der Waals surface area contributed by atoms with E-state index in [0.29, 0.717) is 30.6 Å². The maximum Gasteiger partial charge on any atom is 0.249 e. The van der Waals surface area contributed by atoms with Crippen molar-refractivity contribution < 1.29 is 14.0 Å². The summed E-state index contributed by atoms with van der Waals surface area (Å²) in [7, 11) is 0. The summed E-state index contributed by atoms with van der Waals surface area (Å²) in [5, 5.41) is 0. The van der Waals surface area contributed by atoms with E-state index < -0.39 is 11.4 Å². The Morgan fingerprint density at radius 2 is 2.00 bits per heavy atom. The van der Waals surface area contributed by atoms with Crippen LogP contribution in [0.4, 0.5) is 4.39 Å². The zero-order chi connectivity index (χ0) is 17.2. The second-order valence-electron chi connectivity index (χ2n) is 5.77. The van der Waals surface area contributed by atoms with Crippen molar-refractivity contribution in [1.29, 1.82) is 0 Å². The summed E-state index contributed by atoms with van der Waals surface area (Å²) in [6.45, 7) is 0.416. The molecule has 2 heterocycles. The highest BCUT2D eigenvalue weighted by atomic mass is 19.1. The van der Waals surface area contributed by atoms with Gasteiger partial charge < -0.3 is 10.6 Å². The molecule has 2 N–H and O–H groups in total. The van der Waals surface area contributed by atoms with Gasteiger partial charge in [0, 0.05) is 18.9 Å². The van der Waals surface area contributed by atoms with Gasteiger partial charge in [-0.3, -0.25) is 19.6 Å². The van der Waals surface area contributed by atoms with E-state index in [4.69, 9.17) is 5.73 Å². The smallest absolute Gasteiger partial charge is 0.249 e. The molecule has 0 aliphatic carbocycles. The molecule has 0 unspecified atom stereocenters. The fourth-order valence-electron chi connectivity index (χ4n) is 3.19. The van der Waals surface area contributed by atoms with Gasteiger partial charge >= 0.3 is 0 Å². The van der Waals surface area contributed by atoms with Crippen LogP contribution in [0.15, 0.2) is 42.9 Å². The molecule has 1 aromatic carbocycles. The maximum atomic E-state index is 13.0. The molecule has 6 nitrogen and oxygen atoms in total. The second-order valence-corrected chi connectivity index (χ2v) is 5.77. The Balaban J connectivity index is 1.91. The molecule has 1 aliphatic heterocycles. The van der Waals surface area contributed by atoms with Crippen LogP contribution in [0.5, 0.6) is 0 Å². The summed E-state index contributed by atoms with van der Waals surface area (Å²) in [5.74, 6) is -1.23. The number of rotatable bonds is 4. The normalized spacial score (nSPS) is 20.1. The van der Waals surface area contributed by atoms with Gasteiger partial charge in [-0.1, -0.05) is 12.1 Å². The van der Waals surface area contributed by atoms with Crippen molar-refractivity contribution >= 4 is 11.8 Å². The van der Waals surface area contributed by atoms with Gasteiger partial charge in [-0.15, -0.1) is 0 Å². The van der Waals surface area contributed by atoms with Crippen LogP contribution in [0.3, 0.4) is 0 Å². The van der Waals surface area contributed by atoms with Crippen LogP contribution in [0.1, 0.15) is 24.1 Å². The monoisotopic (exact) mass is 328 g/mol. The summed E-state index contributed by atoms with van der Waals surface area (Å²) in [4.78, 5) is 34.7. The van der Waals surface area contributed by atoms with Crippen molar-refractivity contribution in [2.45, 2.75) is 24.8 Å². The van der Waals surface area contributed by atoms with Crippen LogP contribution in [-0.2, 0) is 21.5 Å². The molecule has 1 aliphatic rings. The molecule has 124 valence electrons. The van der Waals surface area contributed by atoms with Gasteiger partial charge in [0.1, 0.15) is 5.82 Å². The number of amides is 2. The lowest BCUT2D eigenvalue weighted by atomic mass is 9.90. The van der Waals surface area contributed by atoms with E-state index >= 15 is 0 Å². The first kappa shape index (κ1) is 16.0. The average Bonchev–Trinajstić information content (AvgIpc) is 3.04. The summed E-state index contributed by atoms with van der Waals surface area (Å²) in [6.07, 6.45) is 5.56. The topological polar surface area (TPSA) is 89.2 Å². The van der Waals surface area contributed by atoms with Gasteiger partial charge in [0.05, 0.1) is 18.3 Å². The first-order chi connectivity index (χ1) is 11.5. The van der Waals surface area contributed by atoms with E-state index in [1.807, 2.05) is 0 Å². The van der Waals surface area contributed by atoms with Crippen molar-refractivity contribution in [2.75, 3.05) is 6.54 Å². The number of primary amides is 1. The zero-order valence-electron chi connectivity index (χ0n) is 13.0. The molecule has 2 aromatic rings. The van der Waals surface area contributed by atoms with E-state index in [0.717, 1.165) is 0 Å². The molecule has 0 radical (unpaired) electrons. The zero-order valence-corrected chi connectivity index (χ0v) is 13.0. The molecule has 7 heteroatoms. The molecular weight excluding hydrogens is 311 g/mol. The van der Waals surface area contributed by atoms with Gasteiger partial charge in [-0.05, 0) is 30.5 Å². The molecule has 0 saturated carbocycles. The minimum Gasteiger partial charge on any atom is -0.367 e. The Bertz CT molecular complexity index is 751. The van der Waals surface area contributed by atoms with Gasteiger partial charge in [-0.25, -0.2) is 4.39 Å². The number of benzene rings is 1. The first-order valence-electron chi connectivity index (χ1n) is 7.65. The number of carbonyl (C=O) groups is 2. The van der Waals surface area contributed by atoms with Crippen LogP contribution in [-0.4, -0.2) is 33.2 Å². The third-order valence-corrected chi connectivity index (χ3v) is 4.35. The van der Waals surface area contributed by atoms with Crippen molar-refractivity contribution in [3.63, 3.8) is 0 Å². The number of aromatic nitrogens is 2. The Morgan fingerprint density at radius 1 is 1.25 bits per heavy atom. The second kappa shape index (κ2) is 6.35. The van der Waals surface area contributed by atoms with Crippen LogP contribution in [0.25, 0.3) is 0 Å². The summed E-state index contributed by atoms with van der Waals surface area (Å²) < 4.78 is 13.0. The largest absolute Gasteiger partial charge is 0.367 e. The maximum absolute atomic E-state index is 13.0. The summed E-state index contributed by atoms with van der Waals surface area (Å²) in [6, 6.07) is 5.71. The standard InChI is InChI=1S/C17H17FN4O2/c18-13-4-2-12(3-5-13)10-15(23)22-9-1-6-17(22,16(19)24)14-11-20-7-8-21-14/h2-5,7-8,11H,1,6,9-10H2,(H2,19,24)/t17-/m0/s1. The molecule has 1 atom stereocenters. The van der Waals surface area contributed by atoms with E-state index in [9.17, 15) is 14.0 Å². The third kappa shape index (κ3) is 2.73. The summed E-state index contributed by atoms with van der Waals surface area (Å²) >= 11 is 0. The molecule has 1 fully saturated rings. The Hall–Kier alpha value is -2.83. The molecule has 1 aromatic heterocycles. The van der Waals surface area contributed by atoms with E-state index in [1.54, 1.807) is 12.1 Å². The van der Waals surface area contributed by atoms with Crippen molar-refractivity contribution in [3.05, 3.63) is 59.9 Å². The highest BCUT2D eigenvalue weighted by Crippen LogP contribution is 2.38. The molecule has 0 spiro atoms. The molecule has 0 bridgehead atoms. The Morgan fingerprint density at radius 3 is 2.62 bits per heavy atom. The number of hydrogen-bond acceptors (Lipinski definition) is 4. The van der Waals surface area contributed by atoms with Gasteiger partial charge in [0.15, 0.2) is 5.54 Å². The van der Waals surface area contributed by atoms with Crippen LogP contribution in [0.2, 0.25) is 0 Å². The highest BCUT2D eigenvalue weighted by molar-refractivity contribution is 5.92. The fraction of sp³-hybridized carbons (Fsp3) is 0.294. The summed E-state index contributed by atoms with van der Waals surface area (Å²) in [5.41, 5.74) is 5.43. The van der Waals surface area contributed by atoms with Crippen LogP contribution in [0, 0.1) is 5.82 Å². The fourth-order valence-corrected chi connectivity index (χ4v) is 3.19. The number of carbonyl (C=O) groups excluding carboxylic acids is 2. The number of hydrogen-bond donors (Lipinski definition) is 1. The number of nitrogens with two attached hydrogens (primary N) is 1. The third-order valence-electron chi connectivity index (χ3n) is 4.35. The van der Waals surface area contributed by atoms with Crippen molar-refractivity contribution in [2.24, 2.45) is 5.73 Å². The SMILES string of the molecule is NC(=O)[C@@]1(c2cnccn2)CCCN1C(=O)Cc1ccc(F)cc1. The predicted octanol–water partition coefficient (Wildman–Crippen LogP) is 1.16. The molecular formula is C17H17FN4O2. The van der Waals surface area contributed by atoms with E-state index in [1.165, 1.54) is 35.6 Å². The molecule has 2 amide bonds. The van der Waals surface area contributed by atoms with Crippen molar-refractivity contribution in [1.82, 2.24) is 14.9 Å². The van der Waals surface area contributed by atoms with Crippen LogP contribution < -0.4 is 5.73 Å². The highest BCUT2D eigenvalue weighted by Gasteiger charge is 2.51. The number of halogens is 1. The Labute approximate surface area is 138 Å². The minimum atomic E-state index is -1.27. The number of likely N-dealkylation sites (tertiary alicyclic amines) is 1. The van der Waals surface area contributed by atoms with Crippen LogP contribution >= 0.6 is 0 Å². The first-order valence-corrected chi connectivity index (χ1v) is 7.65. The molecule has 24 heavy (non-hydrogen) atoms. The van der Waals surface area contributed by atoms with Gasteiger partial charge in [-0.2, -0.15) is 0 Å². The number of nitrogens with zero attached hydrogens (tertiary/aromatic N) is 3. The lowest BCUT2D eigenvalue weighted by Crippen LogP contribution is -2.54. The lowest BCUT2D eigenvalue weighted by Gasteiger charge is -2.35. The average molecular weight is 328 g/mol. The lowest BCUT2D eigenvalue weighted by molar-refractivity contribution is -0.144. The molecule has 1 saturated heterocycles. The van der Waals surface area contributed by atoms with Crippen molar-refractivity contribution in [3.8, 4) is 0 Å². The van der Waals surface area contributed by atoms with E-state index in [-0.39, 0.29) is 18.1 Å². The minimum absolute atomic E-state index is 0.0651. The quantitative estimate of drug-likeness (QED) is 0.912.